The Kier molecular flexibility index (Phi) is 3.80. The van der Waals surface area contributed by atoms with Gasteiger partial charge in [-0.15, -0.1) is 0 Å². The lowest BCUT2D eigenvalue weighted by Gasteiger charge is -2.36. The van der Waals surface area contributed by atoms with Crippen molar-refractivity contribution in [2.24, 2.45) is 5.92 Å². The van der Waals surface area contributed by atoms with Crippen LogP contribution in [-0.2, 0) is 4.79 Å². The van der Waals surface area contributed by atoms with Crippen LogP contribution in [0.1, 0.15) is 18.5 Å². The molecular weight excluding hydrogens is 336 g/mol. The number of aromatic nitrogens is 2. The van der Waals surface area contributed by atoms with E-state index in [1.165, 1.54) is 17.5 Å². The van der Waals surface area contributed by atoms with E-state index >= 15 is 0 Å². The van der Waals surface area contributed by atoms with E-state index in [1.54, 1.807) is 32.2 Å². The second-order valence-corrected chi connectivity index (χ2v) is 6.13. The van der Waals surface area contributed by atoms with Crippen LogP contribution in [0.25, 0.3) is 11.1 Å². The van der Waals surface area contributed by atoms with Crippen LogP contribution in [0.4, 0.5) is 4.79 Å². The van der Waals surface area contributed by atoms with Gasteiger partial charge >= 0.3 is 6.03 Å². The van der Waals surface area contributed by atoms with E-state index in [4.69, 9.17) is 9.15 Å². The van der Waals surface area contributed by atoms with Crippen molar-refractivity contribution < 1.29 is 18.7 Å². The number of hydrogen-bond acceptors (Lipinski definition) is 6. The summed E-state index contributed by atoms with van der Waals surface area (Å²) in [4.78, 5) is 33.5. The van der Waals surface area contributed by atoms with Gasteiger partial charge in [0.25, 0.3) is 0 Å². The van der Waals surface area contributed by atoms with Crippen LogP contribution in [0.5, 0.6) is 11.6 Å². The van der Waals surface area contributed by atoms with Gasteiger partial charge in [0.1, 0.15) is 17.5 Å². The van der Waals surface area contributed by atoms with Gasteiger partial charge in [0, 0.05) is 7.05 Å². The van der Waals surface area contributed by atoms with E-state index in [0.717, 1.165) is 5.56 Å². The number of furan rings is 1. The molecule has 1 N–H and O–H groups in total. The van der Waals surface area contributed by atoms with Crippen LogP contribution in [0.3, 0.4) is 0 Å². The van der Waals surface area contributed by atoms with E-state index in [1.807, 2.05) is 12.1 Å². The van der Waals surface area contributed by atoms with Gasteiger partial charge in [-0.05, 0) is 23.8 Å². The summed E-state index contributed by atoms with van der Waals surface area (Å²) in [6, 6.07) is 8.25. The Bertz CT molecular complexity index is 962. The zero-order chi connectivity index (χ0) is 18.3. The standard InChI is InChI=1S/C18H16N4O4/c1-10-14(22(2)18(24)21-15(10)23)11-3-5-12(6-4-11)26-17-13-7-8-25-16(13)19-9-20-17/h3-10,14H,1-2H3,(H,21,23,24). The number of rotatable bonds is 3. The molecule has 2 atom stereocenters. The van der Waals surface area contributed by atoms with E-state index in [9.17, 15) is 9.59 Å². The predicted octanol–water partition coefficient (Wildman–Crippen LogP) is 2.87. The van der Waals surface area contributed by atoms with Crippen LogP contribution in [0.2, 0.25) is 0 Å². The van der Waals surface area contributed by atoms with Gasteiger partial charge in [-0.25, -0.2) is 14.8 Å². The molecule has 3 amide bonds. The Morgan fingerprint density at radius 3 is 2.69 bits per heavy atom. The number of benzene rings is 1. The molecule has 1 aromatic carbocycles. The fraction of sp³-hybridized carbons (Fsp3) is 0.222. The molecule has 2 aromatic heterocycles. The first kappa shape index (κ1) is 16.1. The minimum atomic E-state index is -0.401. The van der Waals surface area contributed by atoms with Gasteiger partial charge in [-0.3, -0.25) is 10.1 Å². The maximum absolute atomic E-state index is 11.9. The van der Waals surface area contributed by atoms with Crippen LogP contribution in [0, 0.1) is 5.92 Å². The fourth-order valence-corrected chi connectivity index (χ4v) is 3.12. The summed E-state index contributed by atoms with van der Waals surface area (Å²) in [5.74, 6) is 0.352. The highest BCUT2D eigenvalue weighted by Crippen LogP contribution is 2.33. The summed E-state index contributed by atoms with van der Waals surface area (Å²) < 4.78 is 11.0. The topological polar surface area (TPSA) is 97.6 Å². The maximum Gasteiger partial charge on any atom is 0.324 e. The average Bonchev–Trinajstić information content (AvgIpc) is 3.11. The molecule has 1 saturated heterocycles. The smallest absolute Gasteiger partial charge is 0.324 e. The molecule has 4 rings (SSSR count). The summed E-state index contributed by atoms with van der Waals surface area (Å²) >= 11 is 0. The third kappa shape index (κ3) is 2.65. The molecule has 26 heavy (non-hydrogen) atoms. The summed E-state index contributed by atoms with van der Waals surface area (Å²) in [5, 5.41) is 3.02. The largest absolute Gasteiger partial charge is 0.446 e. The average molecular weight is 352 g/mol. The Morgan fingerprint density at radius 1 is 1.15 bits per heavy atom. The summed E-state index contributed by atoms with van der Waals surface area (Å²) in [6.07, 6.45) is 2.90. The first-order valence-corrected chi connectivity index (χ1v) is 8.08. The normalized spacial score (nSPS) is 20.3. The van der Waals surface area contributed by atoms with E-state index in [0.29, 0.717) is 22.7 Å². The molecule has 0 radical (unpaired) electrons. The first-order valence-electron chi connectivity index (χ1n) is 8.08. The number of fused-ring (bicyclic) bond motifs is 1. The number of hydrogen-bond donors (Lipinski definition) is 1. The molecule has 3 aromatic rings. The summed E-state index contributed by atoms with van der Waals surface area (Å²) in [5.41, 5.74) is 1.31. The number of nitrogens with zero attached hydrogens (tertiary/aromatic N) is 3. The van der Waals surface area contributed by atoms with Gasteiger partial charge < -0.3 is 14.1 Å². The molecule has 0 spiro atoms. The SMILES string of the molecule is CC1C(=O)NC(=O)N(C)C1c1ccc(Oc2ncnc3occc23)cc1. The molecule has 1 aliphatic heterocycles. The van der Waals surface area contributed by atoms with Crippen molar-refractivity contribution in [3.8, 4) is 11.6 Å². The lowest BCUT2D eigenvalue weighted by atomic mass is 9.91. The second kappa shape index (κ2) is 6.14. The number of ether oxygens (including phenoxy) is 1. The highest BCUT2D eigenvalue weighted by atomic mass is 16.5. The zero-order valence-electron chi connectivity index (χ0n) is 14.2. The molecule has 8 nitrogen and oxygen atoms in total. The van der Waals surface area contributed by atoms with E-state index in [-0.39, 0.29) is 17.9 Å². The third-order valence-electron chi connectivity index (χ3n) is 4.52. The number of carbonyl (C=O) groups excluding carboxylic acids is 2. The van der Waals surface area contributed by atoms with Crippen molar-refractivity contribution in [3.63, 3.8) is 0 Å². The van der Waals surface area contributed by atoms with Crippen LogP contribution in [-0.4, -0.2) is 33.9 Å². The molecule has 2 unspecified atom stereocenters. The quantitative estimate of drug-likeness (QED) is 0.778. The number of carbonyl (C=O) groups is 2. The Hall–Kier alpha value is -3.42. The van der Waals surface area contributed by atoms with Gasteiger partial charge in [-0.1, -0.05) is 19.1 Å². The minimum Gasteiger partial charge on any atom is -0.446 e. The van der Waals surface area contributed by atoms with Crippen LogP contribution >= 0.6 is 0 Å². The highest BCUT2D eigenvalue weighted by Gasteiger charge is 2.37. The second-order valence-electron chi connectivity index (χ2n) is 6.13. The molecule has 1 aliphatic rings. The molecule has 0 aliphatic carbocycles. The molecule has 0 saturated carbocycles. The number of amides is 3. The lowest BCUT2D eigenvalue weighted by Crippen LogP contribution is -2.53. The number of imide groups is 1. The van der Waals surface area contributed by atoms with Gasteiger partial charge in [-0.2, -0.15) is 0 Å². The first-order chi connectivity index (χ1) is 12.5. The molecule has 8 heteroatoms. The van der Waals surface area contributed by atoms with Crippen molar-refractivity contribution >= 4 is 23.0 Å². The van der Waals surface area contributed by atoms with E-state index < -0.39 is 6.03 Å². The molecular formula is C18H16N4O4. The monoisotopic (exact) mass is 352 g/mol. The Balaban J connectivity index is 1.60. The minimum absolute atomic E-state index is 0.276. The van der Waals surface area contributed by atoms with Crippen LogP contribution in [0.15, 0.2) is 47.3 Å². The third-order valence-corrected chi connectivity index (χ3v) is 4.52. The molecule has 0 bridgehead atoms. The Morgan fingerprint density at radius 2 is 1.92 bits per heavy atom. The van der Waals surface area contributed by atoms with Crippen molar-refractivity contribution in [2.75, 3.05) is 7.05 Å². The Labute approximate surface area is 148 Å². The number of urea groups is 1. The summed E-state index contributed by atoms with van der Waals surface area (Å²) in [6.45, 7) is 1.80. The highest BCUT2D eigenvalue weighted by molar-refractivity contribution is 5.98. The zero-order valence-corrected chi connectivity index (χ0v) is 14.2. The maximum atomic E-state index is 11.9. The molecule has 132 valence electrons. The van der Waals surface area contributed by atoms with Gasteiger partial charge in [0.05, 0.1) is 18.2 Å². The van der Waals surface area contributed by atoms with Gasteiger partial charge in [0.15, 0.2) is 0 Å². The van der Waals surface area contributed by atoms with Crippen molar-refractivity contribution in [3.05, 3.63) is 48.5 Å². The van der Waals surface area contributed by atoms with Crippen molar-refractivity contribution in [1.29, 1.82) is 0 Å². The van der Waals surface area contributed by atoms with E-state index in [2.05, 4.69) is 15.3 Å². The fourth-order valence-electron chi connectivity index (χ4n) is 3.12. The lowest BCUT2D eigenvalue weighted by molar-refractivity contribution is -0.127. The predicted molar refractivity (Wildman–Crippen MR) is 91.5 cm³/mol. The molecule has 3 heterocycles. The summed E-state index contributed by atoms with van der Waals surface area (Å²) in [7, 11) is 1.67. The molecule has 1 fully saturated rings. The van der Waals surface area contributed by atoms with Crippen molar-refractivity contribution in [2.45, 2.75) is 13.0 Å². The van der Waals surface area contributed by atoms with Crippen molar-refractivity contribution in [1.82, 2.24) is 20.2 Å². The number of nitrogens with one attached hydrogen (secondary N) is 1. The van der Waals surface area contributed by atoms with Crippen LogP contribution < -0.4 is 10.1 Å². The van der Waals surface area contributed by atoms with Gasteiger partial charge in [0.2, 0.25) is 17.5 Å².